The molecule has 2 aliphatic heterocycles. The number of para-hydroxylation sites is 1. The zero-order chi connectivity index (χ0) is 23.8. The highest BCUT2D eigenvalue weighted by molar-refractivity contribution is 5.99. The van der Waals surface area contributed by atoms with Crippen molar-refractivity contribution in [3.8, 4) is 5.75 Å². The fourth-order valence-corrected chi connectivity index (χ4v) is 5.08. The smallest absolute Gasteiger partial charge is 0.231 e. The summed E-state index contributed by atoms with van der Waals surface area (Å²) in [7, 11) is 1.63. The highest BCUT2D eigenvalue weighted by atomic mass is 16.5. The molecule has 0 spiro atoms. The fourth-order valence-electron chi connectivity index (χ4n) is 5.08. The van der Waals surface area contributed by atoms with E-state index in [2.05, 4.69) is 24.5 Å². The number of hydrogen-bond donors (Lipinski definition) is 3. The van der Waals surface area contributed by atoms with Crippen LogP contribution >= 0.6 is 0 Å². The van der Waals surface area contributed by atoms with Gasteiger partial charge in [-0.1, -0.05) is 32.0 Å². The van der Waals surface area contributed by atoms with Gasteiger partial charge in [0.2, 0.25) is 11.8 Å². The molecule has 1 aliphatic carbocycles. The van der Waals surface area contributed by atoms with Crippen molar-refractivity contribution in [1.29, 1.82) is 5.41 Å². The second-order valence-corrected chi connectivity index (χ2v) is 10.1. The Kier molecular flexibility index (Phi) is 6.66. The molecule has 1 aromatic carbocycles. The molecule has 1 saturated heterocycles. The first-order chi connectivity index (χ1) is 15.7. The van der Waals surface area contributed by atoms with Gasteiger partial charge in [0.15, 0.2) is 5.96 Å². The van der Waals surface area contributed by atoms with Gasteiger partial charge < -0.3 is 20.1 Å². The van der Waals surface area contributed by atoms with Crippen LogP contribution in [0.2, 0.25) is 0 Å². The summed E-state index contributed by atoms with van der Waals surface area (Å²) in [6.07, 6.45) is 2.38. The molecule has 3 aliphatic rings. The van der Waals surface area contributed by atoms with Crippen LogP contribution < -0.4 is 15.4 Å². The van der Waals surface area contributed by atoms with Crippen LogP contribution in [-0.4, -0.2) is 54.6 Å². The lowest BCUT2D eigenvalue weighted by Crippen LogP contribution is -2.65. The Bertz CT molecular complexity index is 899. The molecule has 1 unspecified atom stereocenters. The average molecular weight is 457 g/mol. The van der Waals surface area contributed by atoms with Crippen molar-refractivity contribution in [2.75, 3.05) is 20.3 Å². The van der Waals surface area contributed by atoms with Crippen LogP contribution in [0, 0.1) is 23.2 Å². The second-order valence-electron chi connectivity index (χ2n) is 10.1. The number of ether oxygens (including phenoxy) is 2. The third-order valence-corrected chi connectivity index (χ3v) is 7.60. The maximum atomic E-state index is 13.2. The maximum Gasteiger partial charge on any atom is 0.231 e. The van der Waals surface area contributed by atoms with Crippen LogP contribution in [-0.2, 0) is 14.3 Å². The average Bonchev–Trinajstić information content (AvgIpc) is 3.56. The first kappa shape index (κ1) is 23.5. The van der Waals surface area contributed by atoms with Crippen molar-refractivity contribution in [3.05, 3.63) is 29.8 Å². The summed E-state index contributed by atoms with van der Waals surface area (Å²) in [6, 6.07) is 7.52. The van der Waals surface area contributed by atoms with Gasteiger partial charge in [-0.2, -0.15) is 0 Å². The summed E-state index contributed by atoms with van der Waals surface area (Å²) < 4.78 is 11.0. The minimum absolute atomic E-state index is 0.0140. The summed E-state index contributed by atoms with van der Waals surface area (Å²) in [5.41, 5.74) is 0.572. The molecule has 0 bridgehead atoms. The van der Waals surface area contributed by atoms with E-state index < -0.39 is 5.54 Å². The van der Waals surface area contributed by atoms with E-state index in [1.807, 2.05) is 31.2 Å². The lowest BCUT2D eigenvalue weighted by molar-refractivity contribution is -0.134. The summed E-state index contributed by atoms with van der Waals surface area (Å²) in [6.45, 7) is 7.15. The van der Waals surface area contributed by atoms with E-state index in [-0.39, 0.29) is 47.6 Å². The highest BCUT2D eigenvalue weighted by Gasteiger charge is 2.53. The number of nitrogens with one attached hydrogen (secondary N) is 3. The number of hydrogen-bond acceptors (Lipinski definition) is 5. The Hall–Kier alpha value is -2.61. The van der Waals surface area contributed by atoms with Crippen molar-refractivity contribution < 1.29 is 19.1 Å². The first-order valence-corrected chi connectivity index (χ1v) is 11.9. The van der Waals surface area contributed by atoms with E-state index in [1.54, 1.807) is 12.0 Å². The number of carbonyl (C=O) groups is 2. The standard InChI is InChI=1S/C25H36N4O4/c1-15(2)25(3)14-22(30)29(24(26)28-25)20(10-11-32-4)17-13-18(17)23(31)27-19-9-12-33-21-8-6-5-7-16(19)21/h5-8,15,17-20H,9-14H2,1-4H3,(H2,26,28)(H,27,31)/t17-,18-,19+,20?,25+/m1/s1. The Morgan fingerprint density at radius 3 is 2.85 bits per heavy atom. The molecule has 8 nitrogen and oxygen atoms in total. The Labute approximate surface area is 195 Å². The van der Waals surface area contributed by atoms with E-state index in [1.165, 1.54) is 0 Å². The van der Waals surface area contributed by atoms with E-state index in [0.29, 0.717) is 32.5 Å². The monoisotopic (exact) mass is 456 g/mol. The van der Waals surface area contributed by atoms with Crippen molar-refractivity contribution in [2.45, 2.75) is 64.1 Å². The van der Waals surface area contributed by atoms with E-state index >= 15 is 0 Å². The fraction of sp³-hybridized carbons (Fsp3) is 0.640. The number of amides is 2. The van der Waals surface area contributed by atoms with Crippen molar-refractivity contribution in [2.24, 2.45) is 17.8 Å². The molecule has 0 aromatic heterocycles. The molecule has 2 amide bonds. The molecule has 3 N–H and O–H groups in total. The second kappa shape index (κ2) is 9.33. The van der Waals surface area contributed by atoms with Gasteiger partial charge in [0.25, 0.3) is 0 Å². The molecule has 1 saturated carbocycles. The minimum atomic E-state index is -0.437. The number of benzene rings is 1. The number of carbonyl (C=O) groups excluding carboxylic acids is 2. The molecule has 33 heavy (non-hydrogen) atoms. The Balaban J connectivity index is 1.45. The van der Waals surface area contributed by atoms with Crippen molar-refractivity contribution in [3.63, 3.8) is 0 Å². The lowest BCUT2D eigenvalue weighted by atomic mass is 9.83. The van der Waals surface area contributed by atoms with E-state index in [0.717, 1.165) is 17.7 Å². The molecule has 1 aromatic rings. The van der Waals surface area contributed by atoms with Gasteiger partial charge in [-0.05, 0) is 37.7 Å². The predicted molar refractivity (Wildman–Crippen MR) is 125 cm³/mol. The maximum absolute atomic E-state index is 13.2. The van der Waals surface area contributed by atoms with Gasteiger partial charge in [-0.15, -0.1) is 0 Å². The molecular weight excluding hydrogens is 420 g/mol. The van der Waals surface area contributed by atoms with E-state index in [4.69, 9.17) is 14.9 Å². The van der Waals surface area contributed by atoms with Crippen molar-refractivity contribution in [1.82, 2.24) is 15.5 Å². The third-order valence-electron chi connectivity index (χ3n) is 7.60. The van der Waals surface area contributed by atoms with Gasteiger partial charge in [0.05, 0.1) is 19.1 Å². The van der Waals surface area contributed by atoms with Crippen LogP contribution in [0.1, 0.15) is 58.1 Å². The lowest BCUT2D eigenvalue weighted by Gasteiger charge is -2.45. The highest BCUT2D eigenvalue weighted by Crippen LogP contribution is 2.46. The number of methoxy groups -OCH3 is 1. The van der Waals surface area contributed by atoms with Gasteiger partial charge in [-0.3, -0.25) is 19.9 Å². The van der Waals surface area contributed by atoms with Gasteiger partial charge in [0, 0.05) is 43.2 Å². The molecule has 8 heteroatoms. The normalized spacial score (nSPS) is 29.7. The molecule has 180 valence electrons. The quantitative estimate of drug-likeness (QED) is 0.558. The molecule has 0 radical (unpaired) electrons. The summed E-state index contributed by atoms with van der Waals surface area (Å²) in [4.78, 5) is 27.9. The summed E-state index contributed by atoms with van der Waals surface area (Å²) >= 11 is 0. The number of guanidine groups is 1. The number of rotatable bonds is 8. The number of fused-ring (bicyclic) bond motifs is 1. The molecular formula is C25H36N4O4. The predicted octanol–water partition coefficient (Wildman–Crippen LogP) is 2.84. The largest absolute Gasteiger partial charge is 0.493 e. The summed E-state index contributed by atoms with van der Waals surface area (Å²) in [5, 5.41) is 15.1. The van der Waals surface area contributed by atoms with Crippen LogP contribution in [0.5, 0.6) is 5.75 Å². The van der Waals surface area contributed by atoms with Crippen molar-refractivity contribution >= 4 is 17.8 Å². The van der Waals surface area contributed by atoms with Crippen LogP contribution in [0.4, 0.5) is 0 Å². The zero-order valence-corrected chi connectivity index (χ0v) is 20.0. The van der Waals surface area contributed by atoms with Crippen LogP contribution in [0.3, 0.4) is 0 Å². The van der Waals surface area contributed by atoms with E-state index in [9.17, 15) is 9.59 Å². The zero-order valence-electron chi connectivity index (χ0n) is 20.0. The molecule has 4 rings (SSSR count). The Morgan fingerprint density at radius 1 is 1.39 bits per heavy atom. The minimum Gasteiger partial charge on any atom is -0.493 e. The molecule has 2 fully saturated rings. The van der Waals surface area contributed by atoms with Crippen LogP contribution in [0.25, 0.3) is 0 Å². The SMILES string of the molecule is COCCC([C@@H]1C[C@H]1C(=O)N[C@H]1CCOc2ccccc21)N1C(=N)N[C@](C)(C(C)C)CC1=O. The molecule has 2 heterocycles. The topological polar surface area (TPSA) is 104 Å². The van der Waals surface area contributed by atoms with Crippen LogP contribution in [0.15, 0.2) is 24.3 Å². The number of nitrogens with zero attached hydrogens (tertiary/aromatic N) is 1. The molecule has 5 atom stereocenters. The first-order valence-electron chi connectivity index (χ1n) is 11.9. The van der Waals surface area contributed by atoms with Gasteiger partial charge in [-0.25, -0.2) is 0 Å². The van der Waals surface area contributed by atoms with Gasteiger partial charge in [0.1, 0.15) is 5.75 Å². The Morgan fingerprint density at radius 2 is 2.15 bits per heavy atom. The third kappa shape index (κ3) is 4.71. The van der Waals surface area contributed by atoms with Gasteiger partial charge >= 0.3 is 0 Å². The summed E-state index contributed by atoms with van der Waals surface area (Å²) in [5.74, 6) is 0.980.